The monoisotopic (exact) mass is 294 g/mol. The molecule has 114 valence electrons. The van der Waals surface area contributed by atoms with Gasteiger partial charge in [-0.15, -0.1) is 0 Å². The number of hydrogen-bond donors (Lipinski definition) is 3. The number of rotatable bonds is 3. The highest BCUT2D eigenvalue weighted by molar-refractivity contribution is 5.76. The zero-order valence-corrected chi connectivity index (χ0v) is 11.5. The Morgan fingerprint density at radius 1 is 1.24 bits per heavy atom. The highest BCUT2D eigenvalue weighted by atomic mass is 16.7. The van der Waals surface area contributed by atoms with Crippen molar-refractivity contribution in [3.63, 3.8) is 0 Å². The van der Waals surface area contributed by atoms with Crippen molar-refractivity contribution in [3.05, 3.63) is 12.1 Å². The SMILES string of the molecule is O=C(Cn1c(O)ccc1O)NC12CC3CC(CC(C3)O1)O2. The first kappa shape index (κ1) is 13.0. The first-order valence-corrected chi connectivity index (χ1v) is 7.27. The van der Waals surface area contributed by atoms with Crippen molar-refractivity contribution < 1.29 is 24.5 Å². The maximum Gasteiger partial charge on any atom is 0.252 e. The number of ether oxygens (including phenoxy) is 2. The Hall–Kier alpha value is -1.73. The van der Waals surface area contributed by atoms with Crippen LogP contribution in [0.4, 0.5) is 0 Å². The van der Waals surface area contributed by atoms with Gasteiger partial charge in [0.05, 0.1) is 12.2 Å². The lowest BCUT2D eigenvalue weighted by atomic mass is 9.77. The quantitative estimate of drug-likeness (QED) is 0.761. The van der Waals surface area contributed by atoms with Crippen LogP contribution in [0.15, 0.2) is 12.1 Å². The van der Waals surface area contributed by atoms with Gasteiger partial charge in [-0.3, -0.25) is 9.36 Å². The number of hydrogen-bond acceptors (Lipinski definition) is 5. The maximum atomic E-state index is 12.2. The van der Waals surface area contributed by atoms with Gasteiger partial charge in [0.15, 0.2) is 11.8 Å². The Labute approximate surface area is 121 Å². The standard InChI is InChI=1S/C14H18N2O5/c17-11(7-16-12(18)1-2-13(16)19)15-14-6-8-3-9(20-14)5-10(4-8)21-14/h1-2,8-10,18-19H,3-7H2,(H,15,17). The number of nitrogens with zero attached hydrogens (tertiary/aromatic N) is 1. The fourth-order valence-electron chi connectivity index (χ4n) is 3.84. The molecule has 7 nitrogen and oxygen atoms in total. The topological polar surface area (TPSA) is 93.0 Å². The van der Waals surface area contributed by atoms with Crippen molar-refractivity contribution in [3.8, 4) is 11.8 Å². The summed E-state index contributed by atoms with van der Waals surface area (Å²) in [6.07, 6.45) is 3.95. The minimum Gasteiger partial charge on any atom is -0.494 e. The average molecular weight is 294 g/mol. The van der Waals surface area contributed by atoms with Crippen molar-refractivity contribution in [1.29, 1.82) is 0 Å². The Kier molecular flexibility index (Phi) is 2.71. The van der Waals surface area contributed by atoms with E-state index in [2.05, 4.69) is 5.32 Å². The molecule has 0 aromatic carbocycles. The number of carbonyl (C=O) groups is 1. The van der Waals surface area contributed by atoms with Gasteiger partial charge in [-0.2, -0.15) is 0 Å². The van der Waals surface area contributed by atoms with Gasteiger partial charge in [0.2, 0.25) is 5.91 Å². The summed E-state index contributed by atoms with van der Waals surface area (Å²) in [5.74, 6) is -1.17. The lowest BCUT2D eigenvalue weighted by Gasteiger charge is -2.55. The van der Waals surface area contributed by atoms with Gasteiger partial charge in [0.1, 0.15) is 6.54 Å². The van der Waals surface area contributed by atoms with Crippen LogP contribution in [-0.4, -0.2) is 38.8 Å². The van der Waals surface area contributed by atoms with E-state index in [9.17, 15) is 15.0 Å². The molecule has 4 heterocycles. The summed E-state index contributed by atoms with van der Waals surface area (Å²) >= 11 is 0. The molecule has 3 aliphatic heterocycles. The van der Waals surface area contributed by atoms with E-state index in [0.29, 0.717) is 12.3 Å². The second-order valence-corrected chi connectivity index (χ2v) is 6.19. The lowest BCUT2D eigenvalue weighted by molar-refractivity contribution is -0.380. The van der Waals surface area contributed by atoms with Crippen LogP contribution in [0.5, 0.6) is 11.8 Å². The van der Waals surface area contributed by atoms with Crippen molar-refractivity contribution in [2.45, 2.75) is 50.3 Å². The van der Waals surface area contributed by atoms with Crippen molar-refractivity contribution >= 4 is 5.91 Å². The van der Waals surface area contributed by atoms with E-state index >= 15 is 0 Å². The molecular weight excluding hydrogens is 276 g/mol. The molecule has 0 radical (unpaired) electrons. The molecule has 0 spiro atoms. The smallest absolute Gasteiger partial charge is 0.252 e. The van der Waals surface area contributed by atoms with Gasteiger partial charge in [-0.1, -0.05) is 0 Å². The van der Waals surface area contributed by atoms with Gasteiger partial charge < -0.3 is 25.0 Å². The molecule has 4 bridgehead atoms. The van der Waals surface area contributed by atoms with Crippen LogP contribution in [0.25, 0.3) is 0 Å². The molecular formula is C14H18N2O5. The first-order chi connectivity index (χ1) is 10.0. The van der Waals surface area contributed by atoms with E-state index in [1.54, 1.807) is 0 Å². The minimum absolute atomic E-state index is 0.157. The molecule has 1 aliphatic carbocycles. The molecule has 7 heteroatoms. The third-order valence-electron chi connectivity index (χ3n) is 4.56. The first-order valence-electron chi connectivity index (χ1n) is 7.27. The Morgan fingerprint density at radius 3 is 2.43 bits per heavy atom. The van der Waals surface area contributed by atoms with Crippen molar-refractivity contribution in [2.24, 2.45) is 5.92 Å². The van der Waals surface area contributed by atoms with E-state index in [1.165, 1.54) is 12.1 Å². The minimum atomic E-state index is -1.02. The van der Waals surface area contributed by atoms with Crippen LogP contribution in [0.1, 0.15) is 25.7 Å². The number of nitrogens with one attached hydrogen (secondary N) is 1. The molecule has 3 N–H and O–H groups in total. The zero-order valence-electron chi connectivity index (χ0n) is 11.5. The summed E-state index contributed by atoms with van der Waals surface area (Å²) in [7, 11) is 0. The highest BCUT2D eigenvalue weighted by Gasteiger charge is 2.54. The Morgan fingerprint density at radius 2 is 1.86 bits per heavy atom. The van der Waals surface area contributed by atoms with Crippen LogP contribution in [0, 0.1) is 5.92 Å². The molecule has 1 saturated carbocycles. The number of aromatic nitrogens is 1. The summed E-state index contributed by atoms with van der Waals surface area (Å²) in [4.78, 5) is 12.2. The lowest BCUT2D eigenvalue weighted by Crippen LogP contribution is -2.66. The third-order valence-corrected chi connectivity index (χ3v) is 4.56. The maximum absolute atomic E-state index is 12.2. The largest absolute Gasteiger partial charge is 0.494 e. The molecule has 5 rings (SSSR count). The van der Waals surface area contributed by atoms with Gasteiger partial charge in [0.25, 0.3) is 5.91 Å². The second kappa shape index (κ2) is 4.38. The molecule has 1 amide bonds. The van der Waals surface area contributed by atoms with Crippen LogP contribution in [-0.2, 0) is 20.8 Å². The summed E-state index contributed by atoms with van der Waals surface area (Å²) in [6.45, 7) is -0.181. The summed E-state index contributed by atoms with van der Waals surface area (Å²) in [6, 6.07) is 2.67. The highest BCUT2D eigenvalue weighted by Crippen LogP contribution is 2.47. The molecule has 4 aliphatic rings. The van der Waals surface area contributed by atoms with E-state index in [1.807, 2.05) is 0 Å². The predicted octanol–water partition coefficient (Wildman–Crippen LogP) is 0.657. The second-order valence-electron chi connectivity index (χ2n) is 6.19. The van der Waals surface area contributed by atoms with E-state index in [4.69, 9.17) is 9.47 Å². The van der Waals surface area contributed by atoms with Crippen LogP contribution in [0.2, 0.25) is 0 Å². The number of carbonyl (C=O) groups excluding carboxylic acids is 1. The summed E-state index contributed by atoms with van der Waals surface area (Å²) < 4.78 is 12.9. The summed E-state index contributed by atoms with van der Waals surface area (Å²) in [5.41, 5.74) is 0. The number of aromatic hydroxyl groups is 2. The van der Waals surface area contributed by atoms with E-state index < -0.39 is 5.91 Å². The molecule has 4 fully saturated rings. The van der Waals surface area contributed by atoms with Gasteiger partial charge in [0, 0.05) is 25.0 Å². The molecule has 1 aromatic heterocycles. The van der Waals surface area contributed by atoms with Crippen LogP contribution >= 0.6 is 0 Å². The van der Waals surface area contributed by atoms with Crippen LogP contribution in [0.3, 0.4) is 0 Å². The van der Waals surface area contributed by atoms with E-state index in [-0.39, 0.29) is 36.4 Å². The zero-order chi connectivity index (χ0) is 14.6. The van der Waals surface area contributed by atoms with Gasteiger partial charge >= 0.3 is 0 Å². The molecule has 21 heavy (non-hydrogen) atoms. The molecule has 3 saturated heterocycles. The Bertz CT molecular complexity index is 527. The normalized spacial score (nSPS) is 36.9. The average Bonchev–Trinajstić information content (AvgIpc) is 2.68. The third kappa shape index (κ3) is 2.16. The predicted molar refractivity (Wildman–Crippen MR) is 70.3 cm³/mol. The fourth-order valence-corrected chi connectivity index (χ4v) is 3.84. The number of amides is 1. The molecule has 1 aromatic rings. The Balaban J connectivity index is 1.47. The van der Waals surface area contributed by atoms with E-state index in [0.717, 1.165) is 23.8 Å². The van der Waals surface area contributed by atoms with Gasteiger partial charge in [-0.05, 0) is 18.8 Å². The summed E-state index contributed by atoms with van der Waals surface area (Å²) in [5, 5.41) is 21.9. The van der Waals surface area contributed by atoms with Crippen LogP contribution < -0.4 is 5.32 Å². The van der Waals surface area contributed by atoms with Crippen molar-refractivity contribution in [1.82, 2.24) is 9.88 Å². The molecule has 2 atom stereocenters. The van der Waals surface area contributed by atoms with Gasteiger partial charge in [-0.25, -0.2) is 0 Å². The fraction of sp³-hybridized carbons (Fsp3) is 0.643. The van der Waals surface area contributed by atoms with Crippen molar-refractivity contribution in [2.75, 3.05) is 0 Å². The molecule has 2 unspecified atom stereocenters.